The van der Waals surface area contributed by atoms with Crippen molar-refractivity contribution >= 4 is 34.5 Å². The van der Waals surface area contributed by atoms with E-state index in [4.69, 9.17) is 9.97 Å². The van der Waals surface area contributed by atoms with E-state index < -0.39 is 0 Å². The van der Waals surface area contributed by atoms with Crippen LogP contribution in [0.5, 0.6) is 0 Å². The minimum atomic E-state index is -0.0883. The number of hydrogen-bond acceptors (Lipinski definition) is 6. The summed E-state index contributed by atoms with van der Waals surface area (Å²) in [7, 11) is 0. The Bertz CT molecular complexity index is 1220. The molecule has 6 rings (SSSR count). The molecule has 0 bridgehead atoms. The summed E-state index contributed by atoms with van der Waals surface area (Å²) in [5.74, 6) is 1.40. The summed E-state index contributed by atoms with van der Waals surface area (Å²) < 4.78 is 0. The Hall–Kier alpha value is -3.48. The van der Waals surface area contributed by atoms with Crippen LogP contribution in [-0.4, -0.2) is 38.8 Å². The number of hydrogen-bond donors (Lipinski definition) is 2. The van der Waals surface area contributed by atoms with E-state index in [1.807, 2.05) is 18.2 Å². The van der Waals surface area contributed by atoms with Crippen molar-refractivity contribution in [2.75, 3.05) is 10.6 Å². The van der Waals surface area contributed by atoms with Crippen LogP contribution in [0.15, 0.2) is 42.5 Å². The summed E-state index contributed by atoms with van der Waals surface area (Å²) in [6, 6.07) is 15.3. The summed E-state index contributed by atoms with van der Waals surface area (Å²) in [6.45, 7) is 0.326. The number of nitrogens with zero attached hydrogens (tertiary/aromatic N) is 3. The van der Waals surface area contributed by atoms with Crippen LogP contribution in [0.2, 0.25) is 0 Å². The van der Waals surface area contributed by atoms with Crippen LogP contribution in [0.25, 0.3) is 22.0 Å². The number of imide groups is 1. The molecule has 1 aliphatic heterocycles. The maximum atomic E-state index is 12.0. The van der Waals surface area contributed by atoms with E-state index in [2.05, 4.69) is 34.9 Å². The summed E-state index contributed by atoms with van der Waals surface area (Å²) in [4.78, 5) is 34.9. The Morgan fingerprint density at radius 1 is 0.844 bits per heavy atom. The molecule has 0 atom stereocenters. The largest absolute Gasteiger partial charge is 0.367 e. The smallest absolute Gasteiger partial charge is 0.229 e. The van der Waals surface area contributed by atoms with Gasteiger partial charge in [0.1, 0.15) is 5.82 Å². The highest BCUT2D eigenvalue weighted by atomic mass is 16.2. The average Bonchev–Trinajstić information content (AvgIpc) is 3.73. The number of likely N-dealkylation sites (tertiary alicyclic amines) is 1. The Labute approximate surface area is 186 Å². The van der Waals surface area contributed by atoms with Gasteiger partial charge in [-0.2, -0.15) is 4.98 Å². The van der Waals surface area contributed by atoms with Gasteiger partial charge in [-0.25, -0.2) is 4.98 Å². The second-order valence-electron chi connectivity index (χ2n) is 9.04. The van der Waals surface area contributed by atoms with E-state index in [1.54, 1.807) is 0 Å². The van der Waals surface area contributed by atoms with Gasteiger partial charge in [0.2, 0.25) is 17.8 Å². The molecule has 2 N–H and O–H groups in total. The first kappa shape index (κ1) is 19.2. The molecule has 2 aliphatic carbocycles. The van der Waals surface area contributed by atoms with Gasteiger partial charge < -0.3 is 10.6 Å². The topological polar surface area (TPSA) is 87.2 Å². The van der Waals surface area contributed by atoms with Crippen LogP contribution in [-0.2, 0) is 16.1 Å². The van der Waals surface area contributed by atoms with Crippen molar-refractivity contribution in [2.24, 2.45) is 0 Å². The average molecular weight is 428 g/mol. The molecule has 2 aromatic carbocycles. The monoisotopic (exact) mass is 427 g/mol. The fraction of sp³-hybridized carbons (Fsp3) is 0.360. The van der Waals surface area contributed by atoms with Crippen molar-refractivity contribution in [3.05, 3.63) is 48.0 Å². The lowest BCUT2D eigenvalue weighted by Gasteiger charge is -2.15. The van der Waals surface area contributed by atoms with Crippen LogP contribution in [0, 0.1) is 0 Å². The Balaban J connectivity index is 1.33. The van der Waals surface area contributed by atoms with Crippen LogP contribution in [0.3, 0.4) is 0 Å². The number of carbonyl (C=O) groups excluding carboxylic acids is 2. The highest BCUT2D eigenvalue weighted by molar-refractivity contribution is 6.01. The lowest BCUT2D eigenvalue weighted by atomic mass is 10.0. The number of anilines is 2. The number of carbonyl (C=O) groups is 2. The Kier molecular flexibility index (Phi) is 4.56. The number of rotatable bonds is 7. The van der Waals surface area contributed by atoms with Crippen molar-refractivity contribution < 1.29 is 9.59 Å². The molecule has 2 heterocycles. The third-order valence-corrected chi connectivity index (χ3v) is 6.28. The maximum absolute atomic E-state index is 12.0. The maximum Gasteiger partial charge on any atom is 0.229 e. The van der Waals surface area contributed by atoms with Gasteiger partial charge in [-0.15, -0.1) is 0 Å². The van der Waals surface area contributed by atoms with Crippen LogP contribution >= 0.6 is 0 Å². The SMILES string of the molecule is O=C1CCC(=O)N1Cc1cccc(-c2ccc3nc(NC4CC4)nc(NC4CC4)c3c2)c1. The second kappa shape index (κ2) is 7.58. The zero-order valence-electron chi connectivity index (χ0n) is 17.8. The van der Waals surface area contributed by atoms with E-state index >= 15 is 0 Å². The van der Waals surface area contributed by atoms with Crippen molar-refractivity contribution in [1.29, 1.82) is 0 Å². The number of amides is 2. The first-order valence-corrected chi connectivity index (χ1v) is 11.4. The molecule has 7 heteroatoms. The highest BCUT2D eigenvalue weighted by Gasteiger charge is 2.29. The molecule has 1 saturated heterocycles. The van der Waals surface area contributed by atoms with Gasteiger partial charge in [0, 0.05) is 30.3 Å². The van der Waals surface area contributed by atoms with Gasteiger partial charge in [0.25, 0.3) is 0 Å². The summed E-state index contributed by atoms with van der Waals surface area (Å²) in [6.07, 6.45) is 5.33. The van der Waals surface area contributed by atoms with Crippen molar-refractivity contribution in [3.63, 3.8) is 0 Å². The van der Waals surface area contributed by atoms with Gasteiger partial charge in [-0.1, -0.05) is 24.3 Å². The fourth-order valence-corrected chi connectivity index (χ4v) is 4.14. The zero-order valence-corrected chi connectivity index (χ0v) is 17.8. The number of aromatic nitrogens is 2. The predicted octanol–water partition coefficient (Wildman–Crippen LogP) is 4.09. The molecule has 0 spiro atoms. The minimum Gasteiger partial charge on any atom is -0.367 e. The van der Waals surface area contributed by atoms with E-state index in [0.29, 0.717) is 37.4 Å². The van der Waals surface area contributed by atoms with Crippen molar-refractivity contribution in [1.82, 2.24) is 14.9 Å². The molecular formula is C25H25N5O2. The molecule has 3 fully saturated rings. The van der Waals surface area contributed by atoms with Crippen molar-refractivity contribution in [3.8, 4) is 11.1 Å². The molecule has 7 nitrogen and oxygen atoms in total. The standard InChI is InChI=1S/C25H25N5O2/c31-22-10-11-23(32)30(22)14-15-2-1-3-16(12-15)17-4-9-21-20(13-17)24(26-18-5-6-18)29-25(28-21)27-19-7-8-19/h1-4,9,12-13,18-19H,5-8,10-11,14H2,(H2,26,27,28,29). The lowest BCUT2D eigenvalue weighted by Crippen LogP contribution is -2.28. The molecule has 3 aromatic rings. The van der Waals surface area contributed by atoms with E-state index in [1.165, 1.54) is 30.6 Å². The molecule has 2 amide bonds. The normalized spacial score (nSPS) is 18.4. The molecule has 0 radical (unpaired) electrons. The lowest BCUT2D eigenvalue weighted by molar-refractivity contribution is -0.139. The Morgan fingerprint density at radius 2 is 1.56 bits per heavy atom. The number of fused-ring (bicyclic) bond motifs is 1. The fourth-order valence-electron chi connectivity index (χ4n) is 4.14. The van der Waals surface area contributed by atoms with Gasteiger partial charge in [0.05, 0.1) is 12.1 Å². The third kappa shape index (κ3) is 3.90. The first-order chi connectivity index (χ1) is 15.6. The predicted molar refractivity (Wildman–Crippen MR) is 123 cm³/mol. The molecular weight excluding hydrogens is 402 g/mol. The molecule has 162 valence electrons. The second-order valence-corrected chi connectivity index (χ2v) is 9.04. The van der Waals surface area contributed by atoms with Gasteiger partial charge in [-0.05, 0) is 60.6 Å². The zero-order chi connectivity index (χ0) is 21.7. The van der Waals surface area contributed by atoms with Crippen molar-refractivity contribution in [2.45, 2.75) is 57.2 Å². The summed E-state index contributed by atoms with van der Waals surface area (Å²) in [5, 5.41) is 7.99. The van der Waals surface area contributed by atoms with Gasteiger partial charge in [0.15, 0.2) is 0 Å². The summed E-state index contributed by atoms with van der Waals surface area (Å²) in [5.41, 5.74) is 3.96. The molecule has 1 aromatic heterocycles. The molecule has 32 heavy (non-hydrogen) atoms. The molecule has 0 unspecified atom stereocenters. The minimum absolute atomic E-state index is 0.0883. The first-order valence-electron chi connectivity index (χ1n) is 11.4. The van der Waals surface area contributed by atoms with Gasteiger partial charge in [-0.3, -0.25) is 14.5 Å². The molecule has 3 aliphatic rings. The third-order valence-electron chi connectivity index (χ3n) is 6.28. The number of nitrogens with one attached hydrogen (secondary N) is 2. The quantitative estimate of drug-likeness (QED) is 0.552. The van der Waals surface area contributed by atoms with Crippen LogP contribution < -0.4 is 10.6 Å². The van der Waals surface area contributed by atoms with E-state index in [-0.39, 0.29) is 11.8 Å². The van der Waals surface area contributed by atoms with Crippen LogP contribution in [0.4, 0.5) is 11.8 Å². The van der Waals surface area contributed by atoms with Gasteiger partial charge >= 0.3 is 0 Å². The number of benzene rings is 2. The van der Waals surface area contributed by atoms with E-state index in [9.17, 15) is 9.59 Å². The van der Waals surface area contributed by atoms with Crippen LogP contribution in [0.1, 0.15) is 44.1 Å². The highest BCUT2D eigenvalue weighted by Crippen LogP contribution is 2.33. The Morgan fingerprint density at radius 3 is 2.31 bits per heavy atom. The summed E-state index contributed by atoms with van der Waals surface area (Å²) >= 11 is 0. The molecule has 2 saturated carbocycles. The van der Waals surface area contributed by atoms with E-state index in [0.717, 1.165) is 33.4 Å².